The lowest BCUT2D eigenvalue weighted by molar-refractivity contribution is 0.210. The molecule has 1 saturated carbocycles. The predicted molar refractivity (Wildman–Crippen MR) is 81.4 cm³/mol. The van der Waals surface area contributed by atoms with Gasteiger partial charge in [-0.2, -0.15) is 10.1 Å². The van der Waals surface area contributed by atoms with Gasteiger partial charge in [-0.15, -0.1) is 0 Å². The van der Waals surface area contributed by atoms with Gasteiger partial charge >= 0.3 is 0 Å². The van der Waals surface area contributed by atoms with Crippen LogP contribution in [-0.2, 0) is 13.1 Å². The maximum absolute atomic E-state index is 5.37. The van der Waals surface area contributed by atoms with E-state index in [0.29, 0.717) is 12.0 Å². The number of rotatable bonds is 5. The highest BCUT2D eigenvalue weighted by Crippen LogP contribution is 2.38. The fourth-order valence-corrected chi connectivity index (χ4v) is 3.38. The van der Waals surface area contributed by atoms with E-state index in [1.807, 2.05) is 0 Å². The molecule has 1 saturated heterocycles. The molecule has 0 radical (unpaired) electrons. The van der Waals surface area contributed by atoms with E-state index >= 15 is 0 Å². The van der Waals surface area contributed by atoms with Crippen molar-refractivity contribution in [2.75, 3.05) is 6.54 Å². The van der Waals surface area contributed by atoms with Crippen LogP contribution in [0.3, 0.4) is 0 Å². The molecule has 1 aliphatic heterocycles. The lowest BCUT2D eigenvalue weighted by Crippen LogP contribution is -2.33. The number of aromatic nitrogens is 4. The molecule has 1 atom stereocenters. The topological polar surface area (TPSA) is 60.0 Å². The van der Waals surface area contributed by atoms with E-state index in [0.717, 1.165) is 37.0 Å². The Morgan fingerprint density at radius 1 is 1.27 bits per heavy atom. The van der Waals surface area contributed by atoms with Crippen LogP contribution in [-0.4, -0.2) is 37.4 Å². The van der Waals surface area contributed by atoms with Crippen molar-refractivity contribution in [1.82, 2.24) is 24.8 Å². The monoisotopic (exact) mass is 301 g/mol. The highest BCUT2D eigenvalue weighted by Gasteiger charge is 2.31. The van der Waals surface area contributed by atoms with E-state index < -0.39 is 0 Å². The molecule has 0 spiro atoms. The van der Waals surface area contributed by atoms with Crippen LogP contribution in [0.4, 0.5) is 0 Å². The minimum Gasteiger partial charge on any atom is -0.339 e. The van der Waals surface area contributed by atoms with Gasteiger partial charge in [0.2, 0.25) is 5.89 Å². The fraction of sp³-hybridized carbons (Fsp3) is 0.688. The van der Waals surface area contributed by atoms with Crippen LogP contribution in [0, 0.1) is 13.8 Å². The zero-order valence-electron chi connectivity index (χ0n) is 13.3. The molecule has 4 rings (SSSR count). The number of nitrogens with zero attached hydrogens (tertiary/aromatic N) is 5. The number of hydrogen-bond acceptors (Lipinski definition) is 5. The molecule has 0 amide bonds. The van der Waals surface area contributed by atoms with Crippen LogP contribution in [0.1, 0.15) is 54.7 Å². The van der Waals surface area contributed by atoms with Gasteiger partial charge in [-0.1, -0.05) is 5.16 Å². The van der Waals surface area contributed by atoms with Gasteiger partial charge in [0.25, 0.3) is 0 Å². The quantitative estimate of drug-likeness (QED) is 0.849. The summed E-state index contributed by atoms with van der Waals surface area (Å²) in [6, 6.07) is 2.65. The minimum atomic E-state index is 0.515. The van der Waals surface area contributed by atoms with Crippen molar-refractivity contribution < 1.29 is 4.52 Å². The normalized spacial score (nSPS) is 22.5. The summed E-state index contributed by atoms with van der Waals surface area (Å²) in [4.78, 5) is 7.03. The van der Waals surface area contributed by atoms with Gasteiger partial charge in [0.05, 0.1) is 18.8 Å². The smallest absolute Gasteiger partial charge is 0.229 e. The molecular formula is C16H23N5O. The summed E-state index contributed by atoms with van der Waals surface area (Å²) >= 11 is 0. The Balaban J connectivity index is 1.42. The summed E-state index contributed by atoms with van der Waals surface area (Å²) in [6.45, 7) is 7.03. The zero-order valence-corrected chi connectivity index (χ0v) is 13.3. The lowest BCUT2D eigenvalue weighted by atomic mass is 10.2. The second-order valence-electron chi connectivity index (χ2n) is 6.70. The van der Waals surface area contributed by atoms with Crippen LogP contribution in [0.15, 0.2) is 10.6 Å². The highest BCUT2D eigenvalue weighted by atomic mass is 16.5. The van der Waals surface area contributed by atoms with Crippen molar-refractivity contribution in [2.45, 2.75) is 64.6 Å². The van der Waals surface area contributed by atoms with Crippen LogP contribution in [0.2, 0.25) is 0 Å². The molecule has 6 heteroatoms. The summed E-state index contributed by atoms with van der Waals surface area (Å²) < 4.78 is 7.50. The fourth-order valence-electron chi connectivity index (χ4n) is 3.38. The van der Waals surface area contributed by atoms with Crippen molar-refractivity contribution in [1.29, 1.82) is 0 Å². The van der Waals surface area contributed by atoms with E-state index in [4.69, 9.17) is 4.52 Å². The molecule has 2 aliphatic rings. The summed E-state index contributed by atoms with van der Waals surface area (Å²) in [5.74, 6) is 2.21. The van der Waals surface area contributed by atoms with Crippen LogP contribution >= 0.6 is 0 Å². The third kappa shape index (κ3) is 2.79. The largest absolute Gasteiger partial charge is 0.339 e. The Labute approximate surface area is 130 Å². The molecule has 1 aliphatic carbocycles. The highest BCUT2D eigenvalue weighted by molar-refractivity contribution is 5.07. The molecule has 2 aromatic heterocycles. The second-order valence-corrected chi connectivity index (χ2v) is 6.70. The molecule has 0 aromatic carbocycles. The molecule has 2 fully saturated rings. The first-order valence-corrected chi connectivity index (χ1v) is 8.26. The van der Waals surface area contributed by atoms with Crippen molar-refractivity contribution in [3.05, 3.63) is 29.2 Å². The van der Waals surface area contributed by atoms with Crippen molar-refractivity contribution in [3.63, 3.8) is 0 Å². The average Bonchev–Trinajstić information content (AvgIpc) is 2.93. The van der Waals surface area contributed by atoms with Gasteiger partial charge in [-0.3, -0.25) is 9.58 Å². The lowest BCUT2D eigenvalue weighted by Gasteiger charge is -2.23. The first-order chi connectivity index (χ1) is 10.7. The maximum atomic E-state index is 5.37. The summed E-state index contributed by atoms with van der Waals surface area (Å²) in [6.07, 6.45) is 4.85. The Morgan fingerprint density at radius 2 is 2.14 bits per heavy atom. The number of aryl methyl sites for hydroxylation is 2. The third-order valence-electron chi connectivity index (χ3n) is 4.74. The molecule has 0 N–H and O–H groups in total. The molecule has 3 heterocycles. The second kappa shape index (κ2) is 5.50. The summed E-state index contributed by atoms with van der Waals surface area (Å²) in [7, 11) is 0. The Kier molecular flexibility index (Phi) is 3.48. The van der Waals surface area contributed by atoms with Gasteiger partial charge in [-0.05, 0) is 52.1 Å². The molecule has 22 heavy (non-hydrogen) atoms. The van der Waals surface area contributed by atoms with E-state index in [1.54, 1.807) is 0 Å². The standard InChI is InChI=1S/C16H23N5O/c1-11-8-12(2)21(18-11)9-14-4-3-7-20(14)10-15-17-16(22-19-15)13-5-6-13/h8,13-14H,3-7,9-10H2,1-2H3/t14-/m1/s1. The summed E-state index contributed by atoms with van der Waals surface area (Å²) in [5.41, 5.74) is 2.33. The van der Waals surface area contributed by atoms with Crippen molar-refractivity contribution in [2.24, 2.45) is 0 Å². The molecule has 0 unspecified atom stereocenters. The van der Waals surface area contributed by atoms with Gasteiger partial charge in [0.15, 0.2) is 5.82 Å². The first kappa shape index (κ1) is 13.9. The first-order valence-electron chi connectivity index (χ1n) is 8.26. The van der Waals surface area contributed by atoms with Crippen molar-refractivity contribution in [3.8, 4) is 0 Å². The Bertz CT molecular complexity index is 657. The zero-order chi connectivity index (χ0) is 15.1. The van der Waals surface area contributed by atoms with Crippen LogP contribution in [0.25, 0.3) is 0 Å². The SMILES string of the molecule is Cc1cc(C)n(C[C@H]2CCCN2Cc2noc(C3CC3)n2)n1. The molecule has 2 aromatic rings. The van der Waals surface area contributed by atoms with E-state index in [-0.39, 0.29) is 0 Å². The molecule has 0 bridgehead atoms. The van der Waals surface area contributed by atoms with Gasteiger partial charge < -0.3 is 4.52 Å². The van der Waals surface area contributed by atoms with Crippen molar-refractivity contribution >= 4 is 0 Å². The van der Waals surface area contributed by atoms with E-state index in [9.17, 15) is 0 Å². The van der Waals surface area contributed by atoms with E-state index in [2.05, 4.69) is 44.7 Å². The third-order valence-corrected chi connectivity index (χ3v) is 4.74. The molecule has 118 valence electrons. The Hall–Kier alpha value is -1.69. The van der Waals surface area contributed by atoms with Crippen LogP contribution < -0.4 is 0 Å². The molecule has 6 nitrogen and oxygen atoms in total. The van der Waals surface area contributed by atoms with Crippen LogP contribution in [0.5, 0.6) is 0 Å². The summed E-state index contributed by atoms with van der Waals surface area (Å²) in [5, 5.41) is 8.74. The predicted octanol–water partition coefficient (Wildman–Crippen LogP) is 2.42. The number of hydrogen-bond donors (Lipinski definition) is 0. The van der Waals surface area contributed by atoms with Gasteiger partial charge in [0, 0.05) is 17.7 Å². The average molecular weight is 301 g/mol. The number of likely N-dealkylation sites (tertiary alicyclic amines) is 1. The van der Waals surface area contributed by atoms with Gasteiger partial charge in [-0.25, -0.2) is 0 Å². The Morgan fingerprint density at radius 3 is 2.86 bits per heavy atom. The molecular weight excluding hydrogens is 278 g/mol. The van der Waals surface area contributed by atoms with E-state index in [1.165, 1.54) is 31.4 Å². The maximum Gasteiger partial charge on any atom is 0.229 e. The minimum absolute atomic E-state index is 0.515. The van der Waals surface area contributed by atoms with Gasteiger partial charge in [0.1, 0.15) is 0 Å².